The third kappa shape index (κ3) is 5.17. The van der Waals surface area contributed by atoms with Gasteiger partial charge in [0.2, 0.25) is 5.91 Å². The fraction of sp³-hybridized carbons (Fsp3) is 0.273. The predicted molar refractivity (Wildman–Crippen MR) is 109 cm³/mol. The van der Waals surface area contributed by atoms with Crippen LogP contribution >= 0.6 is 11.3 Å². The number of likely N-dealkylation sites (N-methyl/N-ethyl adjacent to an activating group) is 1. The van der Waals surface area contributed by atoms with E-state index in [0.29, 0.717) is 13.0 Å². The van der Waals surface area contributed by atoms with E-state index in [1.807, 2.05) is 80.9 Å². The van der Waals surface area contributed by atoms with Crippen molar-refractivity contribution in [2.75, 3.05) is 7.05 Å². The number of carbonyl (C=O) groups is 1. The second-order valence-corrected chi connectivity index (χ2v) is 7.55. The Morgan fingerprint density at radius 1 is 1.15 bits per heavy atom. The Kier molecular flexibility index (Phi) is 6.24. The molecule has 0 unspecified atom stereocenters. The summed E-state index contributed by atoms with van der Waals surface area (Å²) in [5.41, 5.74) is 3.12. The Balaban J connectivity index is 1.55. The topological polar surface area (TPSA) is 42.4 Å². The van der Waals surface area contributed by atoms with Crippen LogP contribution in [0.3, 0.4) is 0 Å². The highest BCUT2D eigenvalue weighted by atomic mass is 32.1. The van der Waals surface area contributed by atoms with Crippen molar-refractivity contribution in [3.05, 3.63) is 81.8 Å². The lowest BCUT2D eigenvalue weighted by Crippen LogP contribution is -2.31. The summed E-state index contributed by atoms with van der Waals surface area (Å²) in [6.45, 7) is 4.50. The second kappa shape index (κ2) is 8.82. The molecule has 0 fully saturated rings. The van der Waals surface area contributed by atoms with Crippen molar-refractivity contribution in [2.45, 2.75) is 32.9 Å². The Morgan fingerprint density at radius 2 is 1.85 bits per heavy atom. The molecule has 3 aromatic rings. The van der Waals surface area contributed by atoms with E-state index in [1.54, 1.807) is 4.90 Å². The lowest BCUT2D eigenvalue weighted by Gasteiger charge is -2.25. The monoisotopic (exact) mass is 380 g/mol. The fourth-order valence-electron chi connectivity index (χ4n) is 2.73. The first-order valence-corrected chi connectivity index (χ1v) is 9.84. The summed E-state index contributed by atoms with van der Waals surface area (Å²) < 4.78 is 5.76. The quantitative estimate of drug-likeness (QED) is 0.592. The normalized spacial score (nSPS) is 11.8. The Labute approximate surface area is 164 Å². The number of ether oxygens (including phenoxy) is 1. The van der Waals surface area contributed by atoms with Crippen LogP contribution in [0.4, 0.5) is 0 Å². The van der Waals surface area contributed by atoms with Crippen LogP contribution in [0, 0.1) is 6.92 Å². The molecule has 1 heterocycles. The zero-order valence-electron chi connectivity index (χ0n) is 15.9. The highest BCUT2D eigenvalue weighted by Crippen LogP contribution is 2.20. The van der Waals surface area contributed by atoms with E-state index in [1.165, 1.54) is 16.9 Å². The average Bonchev–Trinajstić information content (AvgIpc) is 3.14. The number of nitrogens with zero attached hydrogens (tertiary/aromatic N) is 2. The maximum Gasteiger partial charge on any atom is 0.228 e. The van der Waals surface area contributed by atoms with Gasteiger partial charge in [0.1, 0.15) is 17.4 Å². The molecule has 0 saturated carbocycles. The molecule has 0 spiro atoms. The van der Waals surface area contributed by atoms with Crippen LogP contribution in [-0.4, -0.2) is 22.8 Å². The van der Waals surface area contributed by atoms with E-state index in [0.717, 1.165) is 22.0 Å². The summed E-state index contributed by atoms with van der Waals surface area (Å²) in [4.78, 5) is 18.9. The summed E-state index contributed by atoms with van der Waals surface area (Å²) >= 11 is 1.52. The standard InChI is InChI=1S/C22H24N2O2S/c1-16-9-11-20(12-10-16)26-14-21-23-19(15-27-21)13-22(25)24(3)17(2)18-7-5-4-6-8-18/h4-12,15,17H,13-14H2,1-3H3/t17-/m0/s1. The van der Waals surface area contributed by atoms with Gasteiger partial charge < -0.3 is 9.64 Å². The first-order chi connectivity index (χ1) is 13.0. The molecule has 1 atom stereocenters. The van der Waals surface area contributed by atoms with Crippen LogP contribution in [0.15, 0.2) is 60.0 Å². The van der Waals surface area contributed by atoms with Crippen molar-refractivity contribution in [3.63, 3.8) is 0 Å². The summed E-state index contributed by atoms with van der Waals surface area (Å²) in [7, 11) is 1.84. The van der Waals surface area contributed by atoms with Crippen molar-refractivity contribution in [2.24, 2.45) is 0 Å². The molecule has 2 aromatic carbocycles. The largest absolute Gasteiger partial charge is 0.486 e. The van der Waals surface area contributed by atoms with Gasteiger partial charge in [0, 0.05) is 12.4 Å². The van der Waals surface area contributed by atoms with Crippen LogP contribution < -0.4 is 4.74 Å². The van der Waals surface area contributed by atoms with Crippen molar-refractivity contribution < 1.29 is 9.53 Å². The summed E-state index contributed by atoms with van der Waals surface area (Å²) in [5, 5.41) is 2.81. The minimum Gasteiger partial charge on any atom is -0.486 e. The number of amides is 1. The molecular weight excluding hydrogens is 356 g/mol. The molecule has 0 N–H and O–H groups in total. The van der Waals surface area contributed by atoms with Crippen LogP contribution in [0.2, 0.25) is 0 Å². The van der Waals surface area contributed by atoms with Gasteiger partial charge in [0.25, 0.3) is 0 Å². The van der Waals surface area contributed by atoms with Crippen LogP contribution in [0.1, 0.15) is 34.8 Å². The van der Waals surface area contributed by atoms with Crippen LogP contribution in [-0.2, 0) is 17.8 Å². The van der Waals surface area contributed by atoms with Gasteiger partial charge in [-0.15, -0.1) is 11.3 Å². The Morgan fingerprint density at radius 3 is 2.56 bits per heavy atom. The molecular formula is C22H24N2O2S. The van der Waals surface area contributed by atoms with Crippen LogP contribution in [0.5, 0.6) is 5.75 Å². The van der Waals surface area contributed by atoms with Crippen molar-refractivity contribution in [3.8, 4) is 5.75 Å². The van der Waals surface area contributed by atoms with E-state index < -0.39 is 0 Å². The van der Waals surface area contributed by atoms with Crippen LogP contribution in [0.25, 0.3) is 0 Å². The van der Waals surface area contributed by atoms with Gasteiger partial charge in [-0.2, -0.15) is 0 Å². The van der Waals surface area contributed by atoms with Gasteiger partial charge in [-0.05, 0) is 31.5 Å². The number of hydrogen-bond acceptors (Lipinski definition) is 4. The summed E-state index contributed by atoms with van der Waals surface area (Å²) in [6.07, 6.45) is 0.300. The molecule has 140 valence electrons. The van der Waals surface area contributed by atoms with E-state index in [-0.39, 0.29) is 11.9 Å². The highest BCUT2D eigenvalue weighted by molar-refractivity contribution is 7.09. The lowest BCUT2D eigenvalue weighted by molar-refractivity contribution is -0.131. The second-order valence-electron chi connectivity index (χ2n) is 6.60. The number of thiazole rings is 1. The third-order valence-corrected chi connectivity index (χ3v) is 5.44. The van der Waals surface area contributed by atoms with Crippen molar-refractivity contribution in [1.82, 2.24) is 9.88 Å². The van der Waals surface area contributed by atoms with Gasteiger partial charge >= 0.3 is 0 Å². The number of carbonyl (C=O) groups excluding carboxylic acids is 1. The molecule has 0 aliphatic heterocycles. The van der Waals surface area contributed by atoms with E-state index in [9.17, 15) is 4.79 Å². The molecule has 0 aliphatic carbocycles. The summed E-state index contributed by atoms with van der Waals surface area (Å²) in [6, 6.07) is 18.0. The molecule has 5 heteroatoms. The first-order valence-electron chi connectivity index (χ1n) is 8.96. The van der Waals surface area contributed by atoms with Gasteiger partial charge in [0.05, 0.1) is 18.2 Å². The number of aromatic nitrogens is 1. The van der Waals surface area contributed by atoms with E-state index >= 15 is 0 Å². The van der Waals surface area contributed by atoms with Crippen molar-refractivity contribution >= 4 is 17.2 Å². The fourth-order valence-corrected chi connectivity index (χ4v) is 3.43. The van der Waals surface area contributed by atoms with Crippen molar-refractivity contribution in [1.29, 1.82) is 0 Å². The average molecular weight is 381 g/mol. The highest BCUT2D eigenvalue weighted by Gasteiger charge is 2.18. The third-order valence-electron chi connectivity index (χ3n) is 4.57. The molecule has 3 rings (SSSR count). The number of rotatable bonds is 7. The number of hydrogen-bond donors (Lipinski definition) is 0. The molecule has 0 aliphatic rings. The number of aryl methyl sites for hydroxylation is 1. The van der Waals surface area contributed by atoms with Gasteiger partial charge in [0.15, 0.2) is 0 Å². The van der Waals surface area contributed by atoms with Gasteiger partial charge in [-0.3, -0.25) is 4.79 Å². The predicted octanol–water partition coefficient (Wildman–Crippen LogP) is 4.79. The SMILES string of the molecule is Cc1ccc(OCc2nc(CC(=O)N(C)[C@@H](C)c3ccccc3)cs2)cc1. The minimum absolute atomic E-state index is 0.0293. The first kappa shape index (κ1) is 19.1. The molecule has 4 nitrogen and oxygen atoms in total. The number of benzene rings is 2. The van der Waals surface area contributed by atoms with E-state index in [4.69, 9.17) is 4.74 Å². The molecule has 1 amide bonds. The lowest BCUT2D eigenvalue weighted by atomic mass is 10.1. The minimum atomic E-state index is 0.0293. The summed E-state index contributed by atoms with van der Waals surface area (Å²) in [5.74, 6) is 0.882. The Hall–Kier alpha value is -2.66. The maximum atomic E-state index is 12.6. The Bertz CT molecular complexity index is 875. The molecule has 0 bridgehead atoms. The maximum absolute atomic E-state index is 12.6. The van der Waals surface area contributed by atoms with E-state index in [2.05, 4.69) is 4.98 Å². The van der Waals surface area contributed by atoms with Gasteiger partial charge in [-0.1, -0.05) is 48.0 Å². The zero-order valence-corrected chi connectivity index (χ0v) is 16.7. The zero-order chi connectivity index (χ0) is 19.2. The molecule has 27 heavy (non-hydrogen) atoms. The smallest absolute Gasteiger partial charge is 0.228 e. The molecule has 1 aromatic heterocycles. The van der Waals surface area contributed by atoms with Gasteiger partial charge in [-0.25, -0.2) is 4.98 Å². The molecule has 0 saturated heterocycles. The molecule has 0 radical (unpaired) electrons.